The lowest BCUT2D eigenvalue weighted by atomic mass is 10.1. The van der Waals surface area contributed by atoms with E-state index in [-0.39, 0.29) is 17.5 Å². The summed E-state index contributed by atoms with van der Waals surface area (Å²) in [6.45, 7) is 2.41. The van der Waals surface area contributed by atoms with Crippen LogP contribution in [0.2, 0.25) is 0 Å². The van der Waals surface area contributed by atoms with Gasteiger partial charge in [-0.3, -0.25) is 4.79 Å². The van der Waals surface area contributed by atoms with Crippen LogP contribution >= 0.6 is 0 Å². The van der Waals surface area contributed by atoms with E-state index in [0.717, 1.165) is 12.2 Å². The maximum absolute atomic E-state index is 10.5. The van der Waals surface area contributed by atoms with Gasteiger partial charge in [0, 0.05) is 12.6 Å². The average molecular weight is 494 g/mol. The van der Waals surface area contributed by atoms with Gasteiger partial charge in [-0.25, -0.2) is 9.59 Å². The van der Waals surface area contributed by atoms with Crippen molar-refractivity contribution in [3.8, 4) is 11.5 Å². The van der Waals surface area contributed by atoms with Gasteiger partial charge in [-0.05, 0) is 48.7 Å². The molecule has 0 aliphatic carbocycles. The summed E-state index contributed by atoms with van der Waals surface area (Å²) in [5.74, 6) is -2.75. The van der Waals surface area contributed by atoms with Crippen molar-refractivity contribution in [1.29, 1.82) is 0 Å². The number of hydrogen-bond donors (Lipinski definition) is 8. The highest BCUT2D eigenvalue weighted by atomic mass is 16.5. The first kappa shape index (κ1) is 29.3. The van der Waals surface area contributed by atoms with Crippen LogP contribution < -0.4 is 15.4 Å². The van der Waals surface area contributed by atoms with Crippen molar-refractivity contribution in [3.05, 3.63) is 53.6 Å². The van der Waals surface area contributed by atoms with E-state index in [4.69, 9.17) is 25.2 Å². The maximum atomic E-state index is 10.5. The van der Waals surface area contributed by atoms with Crippen molar-refractivity contribution in [2.24, 2.45) is 0 Å². The molecule has 0 fully saturated rings. The first-order valence-corrected chi connectivity index (χ1v) is 10.4. The van der Waals surface area contributed by atoms with Crippen LogP contribution in [0.15, 0.2) is 42.5 Å². The summed E-state index contributed by atoms with van der Waals surface area (Å²) in [6.07, 6.45) is -3.97. The molecule has 2 aromatic rings. The molecule has 35 heavy (non-hydrogen) atoms. The standard InChI is InChI=1S/C19H24N2O4.C4H6O6/c1-13(9-14-3-6-16(25-2)7-4-14)20-11-19(24)15-5-8-18(23)17(10-15)21-12-22;5-1(3(7)8)2(6)4(9)10/h3-8,10,12-13,19-20,23-24H,9,11H2,1-2H3,(H,21,22);1-2,5-6H,(H,7,8)(H,9,10)/t13-,19+;1-,2-/m00/s1. The van der Waals surface area contributed by atoms with Crippen molar-refractivity contribution in [3.63, 3.8) is 0 Å². The fourth-order valence-corrected chi connectivity index (χ4v) is 2.83. The number of amides is 1. The summed E-state index contributed by atoms with van der Waals surface area (Å²) in [6, 6.07) is 12.7. The number of aliphatic hydroxyl groups excluding tert-OH is 3. The number of carbonyl (C=O) groups is 3. The fourth-order valence-electron chi connectivity index (χ4n) is 2.83. The van der Waals surface area contributed by atoms with Gasteiger partial charge >= 0.3 is 11.9 Å². The maximum Gasteiger partial charge on any atom is 0.335 e. The second-order valence-corrected chi connectivity index (χ2v) is 7.48. The van der Waals surface area contributed by atoms with E-state index < -0.39 is 30.3 Å². The molecule has 0 aliphatic heterocycles. The lowest BCUT2D eigenvalue weighted by Crippen LogP contribution is -2.39. The molecule has 1 amide bonds. The van der Waals surface area contributed by atoms with Crippen LogP contribution in [0.1, 0.15) is 24.2 Å². The summed E-state index contributed by atoms with van der Waals surface area (Å²) < 4.78 is 5.14. The molecule has 8 N–H and O–H groups in total. The highest BCUT2D eigenvalue weighted by Gasteiger charge is 2.29. The largest absolute Gasteiger partial charge is 0.506 e. The van der Waals surface area contributed by atoms with Gasteiger partial charge in [0.2, 0.25) is 6.41 Å². The summed E-state index contributed by atoms with van der Waals surface area (Å²) in [7, 11) is 1.64. The summed E-state index contributed by atoms with van der Waals surface area (Å²) >= 11 is 0. The first-order chi connectivity index (χ1) is 16.5. The highest BCUT2D eigenvalue weighted by molar-refractivity contribution is 5.83. The molecule has 0 aliphatic rings. The van der Waals surface area contributed by atoms with Gasteiger partial charge in [0.05, 0.1) is 18.9 Å². The van der Waals surface area contributed by atoms with Gasteiger partial charge in [0.15, 0.2) is 12.2 Å². The Labute approximate surface area is 201 Å². The van der Waals surface area contributed by atoms with E-state index >= 15 is 0 Å². The van der Waals surface area contributed by atoms with E-state index in [2.05, 4.69) is 10.6 Å². The number of ether oxygens (including phenoxy) is 1. The molecule has 2 aromatic carbocycles. The molecule has 192 valence electrons. The Morgan fingerprint density at radius 3 is 2.06 bits per heavy atom. The molecule has 4 atom stereocenters. The van der Waals surface area contributed by atoms with Gasteiger partial charge < -0.3 is 46.0 Å². The Bertz CT molecular complexity index is 949. The number of aliphatic carboxylic acids is 2. The predicted molar refractivity (Wildman–Crippen MR) is 124 cm³/mol. The topological polar surface area (TPSA) is 206 Å². The zero-order chi connectivity index (χ0) is 26.5. The average Bonchev–Trinajstić information content (AvgIpc) is 2.83. The van der Waals surface area contributed by atoms with Gasteiger partial charge in [0.1, 0.15) is 11.5 Å². The van der Waals surface area contributed by atoms with Crippen molar-refractivity contribution in [2.75, 3.05) is 19.0 Å². The minimum Gasteiger partial charge on any atom is -0.506 e. The minimum atomic E-state index is -2.27. The lowest BCUT2D eigenvalue weighted by molar-refractivity contribution is -0.165. The number of aliphatic hydroxyl groups is 3. The summed E-state index contributed by atoms with van der Waals surface area (Å²) in [5, 5.41) is 58.2. The molecular formula is C23H30N2O10. The Kier molecular flexibility index (Phi) is 12.2. The molecular weight excluding hydrogens is 464 g/mol. The third-order valence-corrected chi connectivity index (χ3v) is 4.79. The molecule has 12 heteroatoms. The summed E-state index contributed by atoms with van der Waals surface area (Å²) in [5.41, 5.74) is 2.07. The van der Waals surface area contributed by atoms with Crippen molar-refractivity contribution in [2.45, 2.75) is 37.7 Å². The Morgan fingerprint density at radius 1 is 1.00 bits per heavy atom. The number of phenolic OH excluding ortho intramolecular Hbond substituents is 1. The fraction of sp³-hybridized carbons (Fsp3) is 0.348. The molecule has 0 heterocycles. The zero-order valence-corrected chi connectivity index (χ0v) is 19.2. The van der Waals surface area contributed by atoms with Gasteiger partial charge in [0.25, 0.3) is 0 Å². The van der Waals surface area contributed by atoms with Crippen molar-refractivity contribution < 1.29 is 49.8 Å². The smallest absolute Gasteiger partial charge is 0.335 e. The van der Waals surface area contributed by atoms with E-state index in [1.54, 1.807) is 19.2 Å². The van der Waals surface area contributed by atoms with Gasteiger partial charge in [-0.2, -0.15) is 0 Å². The molecule has 0 unspecified atom stereocenters. The normalized spacial score (nSPS) is 13.9. The molecule has 2 rings (SSSR count). The van der Waals surface area contributed by atoms with Crippen molar-refractivity contribution in [1.82, 2.24) is 5.32 Å². The zero-order valence-electron chi connectivity index (χ0n) is 19.2. The number of anilines is 1. The van der Waals surface area contributed by atoms with E-state index in [0.29, 0.717) is 18.5 Å². The van der Waals surface area contributed by atoms with Crippen LogP contribution in [-0.4, -0.2) is 80.9 Å². The van der Waals surface area contributed by atoms with Crippen LogP contribution in [0.4, 0.5) is 5.69 Å². The summed E-state index contributed by atoms with van der Waals surface area (Å²) in [4.78, 5) is 30.1. The van der Waals surface area contributed by atoms with Crippen LogP contribution in [0, 0.1) is 0 Å². The van der Waals surface area contributed by atoms with Crippen molar-refractivity contribution >= 4 is 24.0 Å². The highest BCUT2D eigenvalue weighted by Crippen LogP contribution is 2.26. The number of rotatable bonds is 12. The second-order valence-electron chi connectivity index (χ2n) is 7.48. The number of phenols is 1. The Morgan fingerprint density at radius 2 is 1.57 bits per heavy atom. The van der Waals surface area contributed by atoms with Crippen LogP contribution in [0.3, 0.4) is 0 Å². The molecule has 0 radical (unpaired) electrons. The number of methoxy groups -OCH3 is 1. The van der Waals surface area contributed by atoms with E-state index in [1.165, 1.54) is 11.6 Å². The van der Waals surface area contributed by atoms with Gasteiger partial charge in [-0.15, -0.1) is 0 Å². The van der Waals surface area contributed by atoms with E-state index in [1.807, 2.05) is 31.2 Å². The number of carbonyl (C=O) groups excluding carboxylic acids is 1. The second kappa shape index (κ2) is 14.5. The SMILES string of the molecule is COc1ccc(C[C@H](C)NC[C@@H](O)c2ccc(O)c(NC=O)c2)cc1.O=C(O)[C@@H](O)[C@H](O)C(=O)O. The first-order valence-electron chi connectivity index (χ1n) is 10.4. The number of benzene rings is 2. The molecule has 0 spiro atoms. The van der Waals surface area contributed by atoms with Crippen LogP contribution in [-0.2, 0) is 20.8 Å². The van der Waals surface area contributed by atoms with E-state index in [9.17, 15) is 24.6 Å². The molecule has 0 saturated carbocycles. The number of carboxylic acids is 2. The number of carboxylic acid groups (broad SMARTS) is 2. The Balaban J connectivity index is 0.000000518. The lowest BCUT2D eigenvalue weighted by Gasteiger charge is -2.18. The predicted octanol–water partition coefficient (Wildman–Crippen LogP) is 0.101. The monoisotopic (exact) mass is 494 g/mol. The van der Waals surface area contributed by atoms with Crippen LogP contribution in [0.5, 0.6) is 11.5 Å². The third kappa shape index (κ3) is 9.98. The molecule has 0 saturated heterocycles. The quantitative estimate of drug-likeness (QED) is 0.147. The number of aromatic hydroxyl groups is 1. The van der Waals surface area contributed by atoms with Gasteiger partial charge in [-0.1, -0.05) is 18.2 Å². The molecule has 12 nitrogen and oxygen atoms in total. The third-order valence-electron chi connectivity index (χ3n) is 4.79. The van der Waals surface area contributed by atoms with Crippen LogP contribution in [0.25, 0.3) is 0 Å². The number of hydrogen-bond acceptors (Lipinski definition) is 9. The number of nitrogens with one attached hydrogen (secondary N) is 2. The Hall–Kier alpha value is -3.71. The molecule has 0 aromatic heterocycles. The molecule has 0 bridgehead atoms. The minimum absolute atomic E-state index is 0.0381.